The zero-order valence-corrected chi connectivity index (χ0v) is 14.9. The Morgan fingerprint density at radius 1 is 0.889 bits per heavy atom. The van der Waals surface area contributed by atoms with Crippen LogP contribution in [-0.4, -0.2) is 28.7 Å². The molecule has 3 amide bonds. The molecule has 0 radical (unpaired) electrons. The van der Waals surface area contributed by atoms with Gasteiger partial charge in [0.05, 0.1) is 0 Å². The van der Waals surface area contributed by atoms with Gasteiger partial charge in [-0.25, -0.2) is 0 Å². The Labute approximate surface area is 157 Å². The van der Waals surface area contributed by atoms with Gasteiger partial charge in [0, 0.05) is 18.5 Å². The number of fused-ring (bicyclic) bond motifs is 1. The first-order valence-corrected chi connectivity index (χ1v) is 9.48. The van der Waals surface area contributed by atoms with Crippen LogP contribution in [0.3, 0.4) is 0 Å². The van der Waals surface area contributed by atoms with E-state index < -0.39 is 6.04 Å². The quantitative estimate of drug-likeness (QED) is 0.856. The van der Waals surface area contributed by atoms with Crippen molar-refractivity contribution in [1.82, 2.24) is 10.2 Å². The van der Waals surface area contributed by atoms with Crippen LogP contribution in [0, 0.1) is 0 Å². The summed E-state index contributed by atoms with van der Waals surface area (Å²) in [6.45, 7) is 0.404. The first-order chi connectivity index (χ1) is 13.1. The molecular formula is C22H20N2O3. The second kappa shape index (κ2) is 6.05. The van der Waals surface area contributed by atoms with Crippen molar-refractivity contribution in [2.24, 2.45) is 0 Å². The number of hydrogen-bond acceptors (Lipinski definition) is 3. The van der Waals surface area contributed by atoms with Gasteiger partial charge in [0.2, 0.25) is 11.8 Å². The molecule has 0 aromatic heterocycles. The lowest BCUT2D eigenvalue weighted by Gasteiger charge is -2.29. The molecule has 1 saturated heterocycles. The molecular weight excluding hydrogens is 340 g/mol. The minimum Gasteiger partial charge on any atom is -0.322 e. The van der Waals surface area contributed by atoms with Crippen molar-refractivity contribution < 1.29 is 14.4 Å². The molecule has 5 heteroatoms. The second-order valence-corrected chi connectivity index (χ2v) is 7.63. The molecule has 5 nitrogen and oxygen atoms in total. The van der Waals surface area contributed by atoms with E-state index in [2.05, 4.69) is 29.6 Å². The van der Waals surface area contributed by atoms with Crippen LogP contribution in [0.5, 0.6) is 0 Å². The molecule has 1 saturated carbocycles. The minimum atomic E-state index is -0.576. The van der Waals surface area contributed by atoms with Crippen molar-refractivity contribution in [3.8, 4) is 11.1 Å². The van der Waals surface area contributed by atoms with E-state index in [-0.39, 0.29) is 24.1 Å². The third kappa shape index (κ3) is 2.74. The molecule has 27 heavy (non-hydrogen) atoms. The number of nitrogens with one attached hydrogen (secondary N) is 1. The largest absolute Gasteiger partial charge is 0.322 e. The van der Waals surface area contributed by atoms with Crippen molar-refractivity contribution >= 4 is 17.7 Å². The number of carbonyl (C=O) groups is 3. The number of hydrogen-bond donors (Lipinski definition) is 1. The highest BCUT2D eigenvalue weighted by atomic mass is 16.2. The lowest BCUT2D eigenvalue weighted by Crippen LogP contribution is -2.52. The Bertz CT molecular complexity index is 960. The third-order valence-corrected chi connectivity index (χ3v) is 5.85. The van der Waals surface area contributed by atoms with Crippen LogP contribution in [0.1, 0.15) is 53.1 Å². The summed E-state index contributed by atoms with van der Waals surface area (Å²) in [5.74, 6) is -0.0549. The lowest BCUT2D eigenvalue weighted by molar-refractivity contribution is -0.136. The molecule has 1 N–H and O–H groups in total. The minimum absolute atomic E-state index is 0.129. The van der Waals surface area contributed by atoms with E-state index in [4.69, 9.17) is 0 Å². The van der Waals surface area contributed by atoms with E-state index in [0.29, 0.717) is 24.4 Å². The predicted molar refractivity (Wildman–Crippen MR) is 99.9 cm³/mol. The Kier molecular flexibility index (Phi) is 3.64. The molecule has 2 heterocycles. The van der Waals surface area contributed by atoms with Gasteiger partial charge in [-0.3, -0.25) is 19.7 Å². The molecule has 136 valence electrons. The molecule has 2 aromatic rings. The van der Waals surface area contributed by atoms with Crippen LogP contribution < -0.4 is 5.32 Å². The van der Waals surface area contributed by atoms with Crippen molar-refractivity contribution in [1.29, 1.82) is 0 Å². The number of rotatable bonds is 3. The monoisotopic (exact) mass is 360 g/mol. The fraction of sp³-hybridized carbons (Fsp3) is 0.318. The van der Waals surface area contributed by atoms with Crippen LogP contribution >= 0.6 is 0 Å². The van der Waals surface area contributed by atoms with Gasteiger partial charge < -0.3 is 4.90 Å². The zero-order valence-electron chi connectivity index (χ0n) is 14.9. The Hall–Kier alpha value is -2.95. The van der Waals surface area contributed by atoms with Gasteiger partial charge in [0.15, 0.2) is 0 Å². The Morgan fingerprint density at radius 2 is 1.63 bits per heavy atom. The molecule has 5 rings (SSSR count). The van der Waals surface area contributed by atoms with E-state index in [0.717, 1.165) is 16.7 Å². The molecule has 1 aliphatic carbocycles. The van der Waals surface area contributed by atoms with Gasteiger partial charge in [-0.1, -0.05) is 36.4 Å². The summed E-state index contributed by atoms with van der Waals surface area (Å²) in [6.07, 6.45) is 3.20. The summed E-state index contributed by atoms with van der Waals surface area (Å²) in [4.78, 5) is 38.2. The number of carbonyl (C=O) groups excluding carboxylic acids is 3. The normalized spacial score (nSPS) is 22.0. The summed E-state index contributed by atoms with van der Waals surface area (Å²) < 4.78 is 0. The Balaban J connectivity index is 1.47. The average molecular weight is 360 g/mol. The predicted octanol–water partition coefficient (Wildman–Crippen LogP) is 2.99. The van der Waals surface area contributed by atoms with E-state index in [1.807, 2.05) is 18.2 Å². The zero-order chi connectivity index (χ0) is 18.5. The van der Waals surface area contributed by atoms with Gasteiger partial charge in [-0.2, -0.15) is 0 Å². The number of imide groups is 1. The molecule has 1 atom stereocenters. The summed E-state index contributed by atoms with van der Waals surface area (Å²) in [6, 6.07) is 13.8. The summed E-state index contributed by atoms with van der Waals surface area (Å²) >= 11 is 0. The van der Waals surface area contributed by atoms with E-state index >= 15 is 0 Å². The Morgan fingerprint density at radius 3 is 2.33 bits per heavy atom. The van der Waals surface area contributed by atoms with Crippen molar-refractivity contribution in [3.63, 3.8) is 0 Å². The lowest BCUT2D eigenvalue weighted by atomic mass is 9.96. The SMILES string of the molecule is O=C1CCC(N2Cc3c(cccc3-c3ccc(C4CC4)cc3)C2=O)C(=O)N1. The summed E-state index contributed by atoms with van der Waals surface area (Å²) in [5.41, 5.74) is 5.13. The van der Waals surface area contributed by atoms with Crippen molar-refractivity contribution in [2.45, 2.75) is 44.2 Å². The maximum Gasteiger partial charge on any atom is 0.255 e. The standard InChI is InChI=1S/C22H20N2O3/c25-20-11-10-19(21(26)23-20)24-12-18-16(2-1-3-17(18)22(24)27)15-8-6-14(7-9-15)13-4-5-13/h1-3,6-9,13,19H,4-5,10-12H2,(H,23,25,26). The number of piperidine rings is 1. The molecule has 3 aliphatic rings. The molecule has 2 aliphatic heterocycles. The first kappa shape index (κ1) is 16.2. The molecule has 2 fully saturated rings. The average Bonchev–Trinajstić information content (AvgIpc) is 3.47. The maximum atomic E-state index is 12.9. The van der Waals surface area contributed by atoms with Gasteiger partial charge in [-0.05, 0) is 53.5 Å². The van der Waals surface area contributed by atoms with Gasteiger partial charge >= 0.3 is 0 Å². The second-order valence-electron chi connectivity index (χ2n) is 7.63. The van der Waals surface area contributed by atoms with Gasteiger partial charge in [0.25, 0.3) is 5.91 Å². The molecule has 2 aromatic carbocycles. The fourth-order valence-electron chi connectivity index (χ4n) is 4.21. The number of nitrogens with zero attached hydrogens (tertiary/aromatic N) is 1. The van der Waals surface area contributed by atoms with E-state index in [9.17, 15) is 14.4 Å². The maximum absolute atomic E-state index is 12.9. The van der Waals surface area contributed by atoms with Gasteiger partial charge in [-0.15, -0.1) is 0 Å². The highest BCUT2D eigenvalue weighted by Gasteiger charge is 2.39. The van der Waals surface area contributed by atoms with E-state index in [1.165, 1.54) is 18.4 Å². The molecule has 0 spiro atoms. The number of benzene rings is 2. The van der Waals surface area contributed by atoms with Crippen LogP contribution in [-0.2, 0) is 16.1 Å². The highest BCUT2D eigenvalue weighted by molar-refractivity contribution is 6.06. The third-order valence-electron chi connectivity index (χ3n) is 5.85. The van der Waals surface area contributed by atoms with Crippen LogP contribution in [0.4, 0.5) is 0 Å². The van der Waals surface area contributed by atoms with E-state index in [1.54, 1.807) is 4.90 Å². The highest BCUT2D eigenvalue weighted by Crippen LogP contribution is 2.41. The summed E-state index contributed by atoms with van der Waals surface area (Å²) in [7, 11) is 0. The van der Waals surface area contributed by atoms with Crippen LogP contribution in [0.25, 0.3) is 11.1 Å². The van der Waals surface area contributed by atoms with Crippen molar-refractivity contribution in [3.05, 3.63) is 59.2 Å². The number of amides is 3. The first-order valence-electron chi connectivity index (χ1n) is 9.48. The van der Waals surface area contributed by atoms with Crippen LogP contribution in [0.2, 0.25) is 0 Å². The molecule has 0 bridgehead atoms. The van der Waals surface area contributed by atoms with Crippen LogP contribution in [0.15, 0.2) is 42.5 Å². The topological polar surface area (TPSA) is 66.5 Å². The smallest absolute Gasteiger partial charge is 0.255 e. The van der Waals surface area contributed by atoms with Gasteiger partial charge in [0.1, 0.15) is 6.04 Å². The molecule has 1 unspecified atom stereocenters. The fourth-order valence-corrected chi connectivity index (χ4v) is 4.21. The summed E-state index contributed by atoms with van der Waals surface area (Å²) in [5, 5.41) is 2.35. The van der Waals surface area contributed by atoms with Crippen molar-refractivity contribution in [2.75, 3.05) is 0 Å².